The van der Waals surface area contributed by atoms with Gasteiger partial charge in [-0.3, -0.25) is 19.3 Å². The minimum atomic E-state index is -0.182. The highest BCUT2D eigenvalue weighted by atomic mass is 16.5. The van der Waals surface area contributed by atoms with Gasteiger partial charge in [0, 0.05) is 38.9 Å². The monoisotopic (exact) mass is 443 g/mol. The van der Waals surface area contributed by atoms with Crippen LogP contribution in [-0.2, 0) is 28.6 Å². The Balaban J connectivity index is 4.26. The van der Waals surface area contributed by atoms with Crippen molar-refractivity contribution < 1.29 is 28.6 Å². The molecule has 0 aliphatic rings. The third-order valence-electron chi connectivity index (χ3n) is 4.97. The summed E-state index contributed by atoms with van der Waals surface area (Å²) in [5.74, 6) is -0.547. The predicted molar refractivity (Wildman–Crippen MR) is 122 cm³/mol. The minimum absolute atomic E-state index is 0.182. The Bertz CT molecular complexity index is 402. The van der Waals surface area contributed by atoms with E-state index in [0.29, 0.717) is 38.9 Å². The number of hydrogen-bond acceptors (Lipinski definition) is 7. The maximum Gasteiger partial charge on any atom is 0.305 e. The van der Waals surface area contributed by atoms with Crippen molar-refractivity contribution in [2.24, 2.45) is 0 Å². The molecule has 0 saturated carbocycles. The molecule has 0 aromatic rings. The van der Waals surface area contributed by atoms with E-state index in [9.17, 15) is 14.4 Å². The molecule has 0 aliphatic carbocycles. The Morgan fingerprint density at radius 1 is 0.516 bits per heavy atom. The minimum Gasteiger partial charge on any atom is -0.464 e. The van der Waals surface area contributed by atoms with Gasteiger partial charge < -0.3 is 14.2 Å². The predicted octanol–water partition coefficient (Wildman–Crippen LogP) is 4.66. The zero-order chi connectivity index (χ0) is 23.2. The number of unbranched alkanes of at least 4 members (excludes halogenated alkanes) is 6. The molecule has 7 nitrogen and oxygen atoms in total. The lowest BCUT2D eigenvalue weighted by molar-refractivity contribution is -0.144. The normalized spacial score (nSPS) is 10.8. The van der Waals surface area contributed by atoms with Gasteiger partial charge in [-0.25, -0.2) is 0 Å². The van der Waals surface area contributed by atoms with E-state index in [2.05, 4.69) is 20.8 Å². The second-order valence-electron chi connectivity index (χ2n) is 7.87. The van der Waals surface area contributed by atoms with Gasteiger partial charge in [0.1, 0.15) is 19.8 Å². The molecule has 0 bridgehead atoms. The van der Waals surface area contributed by atoms with Crippen molar-refractivity contribution in [3.8, 4) is 0 Å². The molecule has 31 heavy (non-hydrogen) atoms. The Morgan fingerprint density at radius 3 is 1.06 bits per heavy atom. The number of esters is 3. The molecule has 0 fully saturated rings. The molecule has 0 spiro atoms. The molecule has 7 heteroatoms. The van der Waals surface area contributed by atoms with Crippen LogP contribution in [0.3, 0.4) is 0 Å². The maximum absolute atomic E-state index is 11.8. The molecule has 182 valence electrons. The van der Waals surface area contributed by atoms with Gasteiger partial charge in [0.25, 0.3) is 0 Å². The standard InChI is InChI=1S/C24H45NO6/c1-4-7-10-13-22(26)29-19-16-25(17-20-30-23(27)14-11-8-5-2)18-21-31-24(28)15-12-9-6-3/h4-21H2,1-3H3. The summed E-state index contributed by atoms with van der Waals surface area (Å²) in [4.78, 5) is 37.3. The molecule has 0 aromatic carbocycles. The summed E-state index contributed by atoms with van der Waals surface area (Å²) in [6, 6.07) is 0. The molecule has 0 rings (SSSR count). The summed E-state index contributed by atoms with van der Waals surface area (Å²) in [5, 5.41) is 0. The average molecular weight is 444 g/mol. The summed E-state index contributed by atoms with van der Waals surface area (Å²) in [6.45, 7) is 8.66. The Morgan fingerprint density at radius 2 is 0.806 bits per heavy atom. The van der Waals surface area contributed by atoms with Gasteiger partial charge in [-0.05, 0) is 19.3 Å². The van der Waals surface area contributed by atoms with E-state index in [1.165, 1.54) is 0 Å². The Labute approximate surface area is 189 Å². The largest absolute Gasteiger partial charge is 0.464 e. The quantitative estimate of drug-likeness (QED) is 0.145. The molecule has 0 heterocycles. The van der Waals surface area contributed by atoms with Crippen LogP contribution < -0.4 is 0 Å². The highest BCUT2D eigenvalue weighted by Crippen LogP contribution is 2.03. The van der Waals surface area contributed by atoms with Crippen molar-refractivity contribution in [1.82, 2.24) is 4.90 Å². The van der Waals surface area contributed by atoms with Gasteiger partial charge in [-0.15, -0.1) is 0 Å². The van der Waals surface area contributed by atoms with Crippen molar-refractivity contribution in [2.75, 3.05) is 39.5 Å². The highest BCUT2D eigenvalue weighted by molar-refractivity contribution is 5.69. The first-order chi connectivity index (χ1) is 15.0. The van der Waals surface area contributed by atoms with E-state index in [4.69, 9.17) is 14.2 Å². The number of rotatable bonds is 21. The lowest BCUT2D eigenvalue weighted by Crippen LogP contribution is -2.35. The van der Waals surface area contributed by atoms with Crippen LogP contribution in [0.5, 0.6) is 0 Å². The zero-order valence-corrected chi connectivity index (χ0v) is 20.1. The molecule has 0 aliphatic heterocycles. The van der Waals surface area contributed by atoms with Crippen molar-refractivity contribution in [3.63, 3.8) is 0 Å². The fourth-order valence-electron chi connectivity index (χ4n) is 2.98. The van der Waals surface area contributed by atoms with Gasteiger partial charge in [-0.1, -0.05) is 59.3 Å². The summed E-state index contributed by atoms with van der Waals surface area (Å²) in [7, 11) is 0. The first-order valence-electron chi connectivity index (χ1n) is 12.2. The molecule has 0 radical (unpaired) electrons. The lowest BCUT2D eigenvalue weighted by atomic mass is 10.2. The van der Waals surface area contributed by atoms with Gasteiger partial charge in [-0.2, -0.15) is 0 Å². The average Bonchev–Trinajstić information content (AvgIpc) is 2.74. The van der Waals surface area contributed by atoms with E-state index in [-0.39, 0.29) is 37.7 Å². The molecule has 0 amide bonds. The van der Waals surface area contributed by atoms with Crippen LogP contribution >= 0.6 is 0 Å². The van der Waals surface area contributed by atoms with E-state index in [0.717, 1.165) is 57.8 Å². The van der Waals surface area contributed by atoms with Crippen molar-refractivity contribution in [2.45, 2.75) is 97.8 Å². The third kappa shape index (κ3) is 20.0. The molecule has 0 atom stereocenters. The highest BCUT2D eigenvalue weighted by Gasteiger charge is 2.11. The fraction of sp³-hybridized carbons (Fsp3) is 0.875. The van der Waals surface area contributed by atoms with E-state index < -0.39 is 0 Å². The summed E-state index contributed by atoms with van der Waals surface area (Å²) < 4.78 is 15.9. The second kappa shape index (κ2) is 21.6. The van der Waals surface area contributed by atoms with E-state index in [1.807, 2.05) is 4.90 Å². The molecule has 0 aromatic heterocycles. The number of carbonyl (C=O) groups is 3. The number of ether oxygens (including phenoxy) is 3. The maximum atomic E-state index is 11.8. The number of nitrogens with zero attached hydrogens (tertiary/aromatic N) is 1. The third-order valence-corrected chi connectivity index (χ3v) is 4.97. The molecule has 0 N–H and O–H groups in total. The number of carbonyl (C=O) groups excluding carboxylic acids is 3. The first-order valence-corrected chi connectivity index (χ1v) is 12.2. The second-order valence-corrected chi connectivity index (χ2v) is 7.87. The molecule has 0 unspecified atom stereocenters. The number of hydrogen-bond donors (Lipinski definition) is 0. The van der Waals surface area contributed by atoms with Crippen LogP contribution in [0.25, 0.3) is 0 Å². The van der Waals surface area contributed by atoms with E-state index in [1.54, 1.807) is 0 Å². The summed E-state index contributed by atoms with van der Waals surface area (Å²) in [5.41, 5.74) is 0. The summed E-state index contributed by atoms with van der Waals surface area (Å²) in [6.07, 6.45) is 10.1. The van der Waals surface area contributed by atoms with Crippen LogP contribution in [0.15, 0.2) is 0 Å². The summed E-state index contributed by atoms with van der Waals surface area (Å²) >= 11 is 0. The zero-order valence-electron chi connectivity index (χ0n) is 20.1. The van der Waals surface area contributed by atoms with Crippen molar-refractivity contribution in [3.05, 3.63) is 0 Å². The Kier molecular flexibility index (Phi) is 20.5. The molecule has 0 saturated heterocycles. The van der Waals surface area contributed by atoms with Crippen LogP contribution in [0, 0.1) is 0 Å². The lowest BCUT2D eigenvalue weighted by Gasteiger charge is -2.22. The smallest absolute Gasteiger partial charge is 0.305 e. The topological polar surface area (TPSA) is 82.1 Å². The van der Waals surface area contributed by atoms with E-state index >= 15 is 0 Å². The van der Waals surface area contributed by atoms with Crippen LogP contribution in [0.1, 0.15) is 97.8 Å². The van der Waals surface area contributed by atoms with Crippen LogP contribution in [-0.4, -0.2) is 62.3 Å². The SMILES string of the molecule is CCCCCC(=O)OCCN(CCOC(=O)CCCCC)CCOC(=O)CCCCC. The van der Waals surface area contributed by atoms with Gasteiger partial charge in [0.2, 0.25) is 0 Å². The van der Waals surface area contributed by atoms with Crippen molar-refractivity contribution in [1.29, 1.82) is 0 Å². The fourth-order valence-corrected chi connectivity index (χ4v) is 2.98. The van der Waals surface area contributed by atoms with Gasteiger partial charge in [0.05, 0.1) is 0 Å². The van der Waals surface area contributed by atoms with Crippen LogP contribution in [0.4, 0.5) is 0 Å². The molecular formula is C24H45NO6. The Hall–Kier alpha value is -1.63. The van der Waals surface area contributed by atoms with Crippen molar-refractivity contribution >= 4 is 17.9 Å². The van der Waals surface area contributed by atoms with Gasteiger partial charge in [0.15, 0.2) is 0 Å². The first kappa shape index (κ1) is 29.4. The van der Waals surface area contributed by atoms with Crippen LogP contribution in [0.2, 0.25) is 0 Å². The van der Waals surface area contributed by atoms with Gasteiger partial charge >= 0.3 is 17.9 Å². The molecular weight excluding hydrogens is 398 g/mol.